The highest BCUT2D eigenvalue weighted by molar-refractivity contribution is 5.96. The SMILES string of the molecule is C=C=CC(C)C(=O)CC(=O)O. The normalized spacial score (nSPS) is 11.4. The molecule has 60 valence electrons. The van der Waals surface area contributed by atoms with Crippen molar-refractivity contribution in [1.29, 1.82) is 0 Å². The zero-order chi connectivity index (χ0) is 8.85. The van der Waals surface area contributed by atoms with E-state index in [2.05, 4.69) is 12.3 Å². The highest BCUT2D eigenvalue weighted by atomic mass is 16.4. The number of hydrogen-bond donors (Lipinski definition) is 1. The zero-order valence-electron chi connectivity index (χ0n) is 6.33. The van der Waals surface area contributed by atoms with Crippen molar-refractivity contribution in [1.82, 2.24) is 0 Å². The fourth-order valence-electron chi connectivity index (χ4n) is 0.580. The highest BCUT2D eigenvalue weighted by Crippen LogP contribution is 2.01. The van der Waals surface area contributed by atoms with E-state index in [1.165, 1.54) is 6.08 Å². The van der Waals surface area contributed by atoms with Crippen LogP contribution >= 0.6 is 0 Å². The van der Waals surface area contributed by atoms with Gasteiger partial charge in [-0.1, -0.05) is 13.5 Å². The number of rotatable bonds is 4. The van der Waals surface area contributed by atoms with Gasteiger partial charge >= 0.3 is 5.97 Å². The zero-order valence-corrected chi connectivity index (χ0v) is 6.33. The first-order valence-corrected chi connectivity index (χ1v) is 3.18. The van der Waals surface area contributed by atoms with Crippen molar-refractivity contribution >= 4 is 11.8 Å². The van der Waals surface area contributed by atoms with E-state index in [9.17, 15) is 9.59 Å². The average molecular weight is 154 g/mol. The molecule has 0 fully saturated rings. The molecule has 1 atom stereocenters. The number of allylic oxidation sites excluding steroid dienone is 1. The van der Waals surface area contributed by atoms with Gasteiger partial charge in [-0.2, -0.15) is 0 Å². The molecule has 0 rings (SSSR count). The van der Waals surface area contributed by atoms with Crippen molar-refractivity contribution < 1.29 is 14.7 Å². The van der Waals surface area contributed by atoms with Gasteiger partial charge < -0.3 is 5.11 Å². The molecule has 0 aliphatic heterocycles. The summed E-state index contributed by atoms with van der Waals surface area (Å²) < 4.78 is 0. The number of carbonyl (C=O) groups excluding carboxylic acids is 1. The molecule has 0 aromatic carbocycles. The second-order valence-corrected chi connectivity index (χ2v) is 2.20. The molecule has 0 aromatic rings. The van der Waals surface area contributed by atoms with Gasteiger partial charge in [0.2, 0.25) is 0 Å². The minimum absolute atomic E-state index is 0.325. The Morgan fingerprint density at radius 1 is 1.73 bits per heavy atom. The van der Waals surface area contributed by atoms with E-state index in [1.807, 2.05) is 0 Å². The summed E-state index contributed by atoms with van der Waals surface area (Å²) in [5.74, 6) is -1.82. The lowest BCUT2D eigenvalue weighted by molar-refractivity contribution is -0.140. The van der Waals surface area contributed by atoms with E-state index in [4.69, 9.17) is 5.11 Å². The van der Waals surface area contributed by atoms with Crippen molar-refractivity contribution in [2.24, 2.45) is 5.92 Å². The van der Waals surface area contributed by atoms with E-state index in [0.717, 1.165) is 0 Å². The number of Topliss-reactive ketones (excluding diaryl/α,β-unsaturated/α-hetero) is 1. The van der Waals surface area contributed by atoms with Crippen LogP contribution in [-0.4, -0.2) is 16.9 Å². The van der Waals surface area contributed by atoms with E-state index < -0.39 is 18.3 Å². The molecule has 0 saturated carbocycles. The summed E-state index contributed by atoms with van der Waals surface area (Å²) in [6.45, 7) is 4.90. The van der Waals surface area contributed by atoms with Crippen LogP contribution in [0.1, 0.15) is 13.3 Å². The fraction of sp³-hybridized carbons (Fsp3) is 0.375. The summed E-state index contributed by atoms with van der Waals surface area (Å²) in [7, 11) is 0. The molecule has 0 aliphatic carbocycles. The topological polar surface area (TPSA) is 54.4 Å². The molecule has 3 nitrogen and oxygen atoms in total. The van der Waals surface area contributed by atoms with E-state index in [0.29, 0.717) is 0 Å². The standard InChI is InChI=1S/C8H10O3/c1-3-4-6(2)7(9)5-8(10)11/h4,6H,1,5H2,2H3,(H,10,11). The third-order valence-electron chi connectivity index (χ3n) is 1.20. The Hall–Kier alpha value is -1.34. The van der Waals surface area contributed by atoms with Gasteiger partial charge in [0.15, 0.2) is 5.78 Å². The summed E-state index contributed by atoms with van der Waals surface area (Å²) in [5, 5.41) is 8.23. The van der Waals surface area contributed by atoms with Gasteiger partial charge in [0.25, 0.3) is 0 Å². The summed E-state index contributed by atoms with van der Waals surface area (Å²) in [6, 6.07) is 0. The maximum absolute atomic E-state index is 10.9. The Kier molecular flexibility index (Phi) is 3.93. The lowest BCUT2D eigenvalue weighted by Crippen LogP contribution is -2.13. The number of carboxylic acids is 1. The van der Waals surface area contributed by atoms with Crippen LogP contribution in [0, 0.1) is 5.92 Å². The van der Waals surface area contributed by atoms with Gasteiger partial charge in [0.05, 0.1) is 0 Å². The largest absolute Gasteiger partial charge is 0.481 e. The molecule has 0 spiro atoms. The van der Waals surface area contributed by atoms with Crippen LogP contribution in [0.5, 0.6) is 0 Å². The number of carbonyl (C=O) groups is 2. The lowest BCUT2D eigenvalue weighted by atomic mass is 10.0. The Morgan fingerprint density at radius 3 is 2.64 bits per heavy atom. The molecule has 3 heteroatoms. The molecule has 0 aromatic heterocycles. The molecule has 0 aliphatic rings. The summed E-state index contributed by atoms with van der Waals surface area (Å²) >= 11 is 0. The van der Waals surface area contributed by atoms with Crippen LogP contribution in [0.25, 0.3) is 0 Å². The number of aliphatic carboxylic acids is 1. The molecular formula is C8H10O3. The van der Waals surface area contributed by atoms with Crippen molar-refractivity contribution in [3.63, 3.8) is 0 Å². The van der Waals surface area contributed by atoms with Crippen LogP contribution in [0.4, 0.5) is 0 Å². The Labute approximate surface area is 65.0 Å². The molecule has 0 heterocycles. The Balaban J connectivity index is 4.03. The molecular weight excluding hydrogens is 144 g/mol. The molecule has 0 bridgehead atoms. The third kappa shape index (κ3) is 4.12. The number of carboxylic acid groups (broad SMARTS) is 1. The quantitative estimate of drug-likeness (QED) is 0.485. The average Bonchev–Trinajstić information content (AvgIpc) is 1.86. The fourth-order valence-corrected chi connectivity index (χ4v) is 0.580. The van der Waals surface area contributed by atoms with Crippen molar-refractivity contribution in [3.8, 4) is 0 Å². The highest BCUT2D eigenvalue weighted by Gasteiger charge is 2.12. The van der Waals surface area contributed by atoms with Gasteiger partial charge in [-0.3, -0.25) is 9.59 Å². The lowest BCUT2D eigenvalue weighted by Gasteiger charge is -1.99. The predicted molar refractivity (Wildman–Crippen MR) is 40.1 cm³/mol. The van der Waals surface area contributed by atoms with Crippen molar-refractivity contribution in [2.75, 3.05) is 0 Å². The maximum Gasteiger partial charge on any atom is 0.310 e. The monoisotopic (exact) mass is 154 g/mol. The van der Waals surface area contributed by atoms with Crippen LogP contribution in [-0.2, 0) is 9.59 Å². The molecule has 0 amide bonds. The molecule has 0 saturated heterocycles. The smallest absolute Gasteiger partial charge is 0.310 e. The maximum atomic E-state index is 10.9. The van der Waals surface area contributed by atoms with Gasteiger partial charge in [0, 0.05) is 5.92 Å². The van der Waals surface area contributed by atoms with Gasteiger partial charge in [-0.25, -0.2) is 0 Å². The first-order valence-electron chi connectivity index (χ1n) is 3.18. The first kappa shape index (κ1) is 9.66. The van der Waals surface area contributed by atoms with Crippen LogP contribution in [0.15, 0.2) is 18.4 Å². The minimum atomic E-state index is -1.10. The van der Waals surface area contributed by atoms with Crippen LogP contribution < -0.4 is 0 Å². The van der Waals surface area contributed by atoms with Gasteiger partial charge in [-0.15, -0.1) is 5.73 Å². The first-order chi connectivity index (χ1) is 5.07. The molecule has 11 heavy (non-hydrogen) atoms. The van der Waals surface area contributed by atoms with Crippen LogP contribution in [0.3, 0.4) is 0 Å². The number of ketones is 1. The second-order valence-electron chi connectivity index (χ2n) is 2.20. The second kappa shape index (κ2) is 4.47. The summed E-state index contributed by atoms with van der Waals surface area (Å²) in [4.78, 5) is 20.9. The Morgan fingerprint density at radius 2 is 2.27 bits per heavy atom. The molecule has 0 radical (unpaired) electrons. The Bertz CT molecular complexity index is 211. The molecule has 1 N–H and O–H groups in total. The third-order valence-corrected chi connectivity index (χ3v) is 1.20. The van der Waals surface area contributed by atoms with E-state index in [-0.39, 0.29) is 5.78 Å². The number of hydrogen-bond acceptors (Lipinski definition) is 2. The predicted octanol–water partition coefficient (Wildman–Crippen LogP) is 1.01. The minimum Gasteiger partial charge on any atom is -0.481 e. The van der Waals surface area contributed by atoms with E-state index in [1.54, 1.807) is 6.92 Å². The summed E-state index contributed by atoms with van der Waals surface area (Å²) in [6.07, 6.45) is 1.02. The van der Waals surface area contributed by atoms with Crippen molar-refractivity contribution in [3.05, 3.63) is 18.4 Å². The van der Waals surface area contributed by atoms with Gasteiger partial charge in [0.1, 0.15) is 6.42 Å². The van der Waals surface area contributed by atoms with E-state index >= 15 is 0 Å². The summed E-state index contributed by atoms with van der Waals surface area (Å²) in [5.41, 5.74) is 2.43. The van der Waals surface area contributed by atoms with Gasteiger partial charge in [-0.05, 0) is 6.08 Å². The molecule has 1 unspecified atom stereocenters. The van der Waals surface area contributed by atoms with Crippen molar-refractivity contribution in [2.45, 2.75) is 13.3 Å². The van der Waals surface area contributed by atoms with Crippen LogP contribution in [0.2, 0.25) is 0 Å².